The highest BCUT2D eigenvalue weighted by atomic mass is 32.2. The Labute approximate surface area is 186 Å². The molecule has 0 aliphatic heterocycles. The van der Waals surface area contributed by atoms with Crippen LogP contribution in [0.3, 0.4) is 0 Å². The Morgan fingerprint density at radius 3 is 1.88 bits per heavy atom. The smallest absolute Gasteiger partial charge is 0.296 e. The minimum absolute atomic E-state index is 0.00364. The van der Waals surface area contributed by atoms with Crippen molar-refractivity contribution in [2.75, 3.05) is 11.5 Å². The van der Waals surface area contributed by atoms with Gasteiger partial charge >= 0.3 is 0 Å². The van der Waals surface area contributed by atoms with Crippen LogP contribution in [-0.4, -0.2) is 44.0 Å². The number of hydrogen-bond acceptors (Lipinski definition) is 11. The van der Waals surface area contributed by atoms with Crippen LogP contribution in [0.15, 0.2) is 61.3 Å². The molecular weight excluding hydrogens is 504 g/mol. The summed E-state index contributed by atoms with van der Waals surface area (Å²) >= 11 is 0. The van der Waals surface area contributed by atoms with Crippen LogP contribution in [-0.2, 0) is 30.4 Å². The summed E-state index contributed by atoms with van der Waals surface area (Å²) in [6, 6.07) is 5.27. The Hall–Kier alpha value is -3.35. The van der Waals surface area contributed by atoms with E-state index < -0.39 is 67.9 Å². The second-order valence-electron chi connectivity index (χ2n) is 6.53. The molecule has 0 aromatic heterocycles. The quantitative estimate of drug-likeness (QED) is 0.161. The van der Waals surface area contributed by atoms with Gasteiger partial charge in [-0.2, -0.15) is 25.3 Å². The third-order valence-electron chi connectivity index (χ3n) is 4.25. The summed E-state index contributed by atoms with van der Waals surface area (Å²) in [7, 11) is -14.7. The van der Waals surface area contributed by atoms with Crippen molar-refractivity contribution in [2.45, 2.75) is 14.7 Å². The average molecular weight is 519 g/mol. The third kappa shape index (κ3) is 4.87. The van der Waals surface area contributed by atoms with Gasteiger partial charge in [-0.25, -0.2) is 0 Å². The molecule has 3 rings (SSSR count). The van der Waals surface area contributed by atoms with E-state index in [0.29, 0.717) is 6.07 Å². The molecule has 0 aliphatic rings. The van der Waals surface area contributed by atoms with Gasteiger partial charge in [-0.05, 0) is 41.8 Å². The average Bonchev–Trinajstić information content (AvgIpc) is 2.64. The summed E-state index contributed by atoms with van der Waals surface area (Å²) in [6.45, 7) is 0. The number of phenolic OH excluding ortho intramolecular Hbond substituents is 1. The second-order valence-corrected chi connectivity index (χ2v) is 10.7. The maximum Gasteiger partial charge on any atom is 0.296 e. The zero-order valence-electron chi connectivity index (χ0n) is 16.0. The maximum atomic E-state index is 11.9. The van der Waals surface area contributed by atoms with Gasteiger partial charge in [0.1, 0.15) is 21.2 Å². The SMILES string of the molecule is Nc1ccc(S(=O)(=O)O)c(N=Nc2c(S(=O)(=O)O)cc3cc(S(=O)(=O)O)cc(N)c3c2O)c1. The van der Waals surface area contributed by atoms with Gasteiger partial charge in [0.15, 0.2) is 5.75 Å². The maximum absolute atomic E-state index is 11.9. The molecule has 0 saturated carbocycles. The highest BCUT2D eigenvalue weighted by molar-refractivity contribution is 7.86. The van der Waals surface area contributed by atoms with E-state index in [0.717, 1.165) is 30.3 Å². The van der Waals surface area contributed by atoms with E-state index in [2.05, 4.69) is 10.2 Å². The van der Waals surface area contributed by atoms with Crippen LogP contribution < -0.4 is 11.5 Å². The first-order valence-corrected chi connectivity index (χ1v) is 12.6. The number of phenols is 1. The number of fused-ring (bicyclic) bond motifs is 1. The van der Waals surface area contributed by atoms with Crippen molar-refractivity contribution in [3.8, 4) is 5.75 Å². The van der Waals surface area contributed by atoms with E-state index in [9.17, 15) is 44.0 Å². The second kappa shape index (κ2) is 7.90. The van der Waals surface area contributed by atoms with Crippen molar-refractivity contribution in [3.63, 3.8) is 0 Å². The number of azo groups is 1. The standard InChI is InChI=1S/C16H14N4O10S3/c17-8-1-2-12(32(25,26)27)11(5-8)19-20-15-13(33(28,29)30)4-7-3-9(31(22,23)24)6-10(18)14(7)16(15)21/h1-6,21H,17-18H2,(H,22,23,24)(H,25,26,27)(H,28,29,30). The van der Waals surface area contributed by atoms with Crippen molar-refractivity contribution >= 4 is 63.9 Å². The minimum atomic E-state index is -5.12. The number of nitrogens with zero attached hydrogens (tertiary/aromatic N) is 2. The Morgan fingerprint density at radius 1 is 0.727 bits per heavy atom. The molecule has 0 atom stereocenters. The molecule has 8 N–H and O–H groups in total. The highest BCUT2D eigenvalue weighted by Gasteiger charge is 2.25. The van der Waals surface area contributed by atoms with E-state index in [-0.39, 0.29) is 16.5 Å². The lowest BCUT2D eigenvalue weighted by molar-refractivity contribution is 0.472. The fourth-order valence-electron chi connectivity index (χ4n) is 2.87. The molecule has 176 valence electrons. The van der Waals surface area contributed by atoms with Crippen LogP contribution in [0.25, 0.3) is 10.8 Å². The van der Waals surface area contributed by atoms with Crippen LogP contribution in [0.1, 0.15) is 0 Å². The lowest BCUT2D eigenvalue weighted by Gasteiger charge is -2.12. The van der Waals surface area contributed by atoms with E-state index in [1.807, 2.05) is 0 Å². The Kier molecular flexibility index (Phi) is 5.82. The topological polar surface area (TPSA) is 260 Å². The Balaban J connectivity index is 2.38. The Morgan fingerprint density at radius 2 is 1.33 bits per heavy atom. The minimum Gasteiger partial charge on any atom is -0.505 e. The number of anilines is 2. The van der Waals surface area contributed by atoms with Crippen molar-refractivity contribution < 1.29 is 44.0 Å². The van der Waals surface area contributed by atoms with Gasteiger partial charge in [-0.1, -0.05) is 0 Å². The van der Waals surface area contributed by atoms with Crippen molar-refractivity contribution in [2.24, 2.45) is 10.2 Å². The number of nitrogen functional groups attached to an aromatic ring is 2. The van der Waals surface area contributed by atoms with Gasteiger partial charge in [0.05, 0.1) is 4.90 Å². The van der Waals surface area contributed by atoms with Gasteiger partial charge in [0.2, 0.25) is 0 Å². The molecule has 3 aromatic carbocycles. The first-order valence-electron chi connectivity index (χ1n) is 8.33. The van der Waals surface area contributed by atoms with E-state index in [1.54, 1.807) is 0 Å². The number of nitrogens with two attached hydrogens (primary N) is 2. The van der Waals surface area contributed by atoms with Gasteiger partial charge < -0.3 is 16.6 Å². The molecule has 0 aliphatic carbocycles. The fraction of sp³-hybridized carbons (Fsp3) is 0. The van der Waals surface area contributed by atoms with Crippen molar-refractivity contribution in [1.82, 2.24) is 0 Å². The normalized spacial score (nSPS) is 13.1. The molecular formula is C16H14N4O10S3. The van der Waals surface area contributed by atoms with Crippen LogP contribution in [0.4, 0.5) is 22.7 Å². The summed E-state index contributed by atoms with van der Waals surface area (Å²) in [5.74, 6) is -0.972. The summed E-state index contributed by atoms with van der Waals surface area (Å²) < 4.78 is 97.8. The van der Waals surface area contributed by atoms with Crippen molar-refractivity contribution in [1.29, 1.82) is 0 Å². The summed E-state index contributed by atoms with van der Waals surface area (Å²) in [6.07, 6.45) is 0. The zero-order valence-corrected chi connectivity index (χ0v) is 18.4. The first kappa shape index (κ1) is 24.3. The molecule has 0 spiro atoms. The monoisotopic (exact) mass is 518 g/mol. The number of hydrogen-bond donors (Lipinski definition) is 6. The lowest BCUT2D eigenvalue weighted by atomic mass is 10.1. The van der Waals surface area contributed by atoms with E-state index >= 15 is 0 Å². The van der Waals surface area contributed by atoms with Gasteiger partial charge in [0, 0.05) is 16.8 Å². The third-order valence-corrected chi connectivity index (χ3v) is 6.85. The van der Waals surface area contributed by atoms with Crippen LogP contribution in [0.2, 0.25) is 0 Å². The number of rotatable bonds is 5. The van der Waals surface area contributed by atoms with Crippen LogP contribution in [0, 0.1) is 0 Å². The summed E-state index contributed by atoms with van der Waals surface area (Å²) in [5, 5.41) is 17.0. The van der Waals surface area contributed by atoms with Crippen molar-refractivity contribution in [3.05, 3.63) is 36.4 Å². The molecule has 0 unspecified atom stereocenters. The predicted octanol–water partition coefficient (Wildman–Crippen LogP) is 1.87. The van der Waals surface area contributed by atoms with E-state index in [4.69, 9.17) is 11.5 Å². The van der Waals surface area contributed by atoms with Gasteiger partial charge in [0.25, 0.3) is 30.4 Å². The largest absolute Gasteiger partial charge is 0.505 e. The molecule has 0 amide bonds. The molecule has 0 bridgehead atoms. The molecule has 33 heavy (non-hydrogen) atoms. The number of aromatic hydroxyl groups is 1. The first-order chi connectivity index (χ1) is 15.0. The molecule has 3 aromatic rings. The fourth-order valence-corrected chi connectivity index (χ4v) is 4.68. The van der Waals surface area contributed by atoms with Gasteiger partial charge in [-0.15, -0.1) is 10.2 Å². The predicted molar refractivity (Wildman–Crippen MR) is 114 cm³/mol. The molecule has 0 fully saturated rings. The molecule has 0 heterocycles. The Bertz CT molecular complexity index is 1660. The van der Waals surface area contributed by atoms with Gasteiger partial charge in [-0.3, -0.25) is 13.7 Å². The molecule has 14 nitrogen and oxygen atoms in total. The van der Waals surface area contributed by atoms with E-state index in [1.165, 1.54) is 0 Å². The summed E-state index contributed by atoms with van der Waals surface area (Å²) in [4.78, 5) is -2.52. The molecule has 0 saturated heterocycles. The van der Waals surface area contributed by atoms with Crippen LogP contribution >= 0.6 is 0 Å². The summed E-state index contributed by atoms with van der Waals surface area (Å²) in [5.41, 5.74) is 9.46. The highest BCUT2D eigenvalue weighted by Crippen LogP contribution is 2.44. The molecule has 17 heteroatoms. The molecule has 0 radical (unpaired) electrons. The lowest BCUT2D eigenvalue weighted by Crippen LogP contribution is -2.03. The van der Waals surface area contributed by atoms with Crippen LogP contribution in [0.5, 0.6) is 5.75 Å². The zero-order chi connectivity index (χ0) is 24.9. The number of benzene rings is 3.